The summed E-state index contributed by atoms with van der Waals surface area (Å²) in [5, 5.41) is 0. The molecule has 1 nitrogen and oxygen atoms in total. The Kier molecular flexibility index (Phi) is 6.46. The maximum Gasteiger partial charge on any atom is 0.387 e. The number of rotatable bonds is 5. The van der Waals surface area contributed by atoms with Crippen LogP contribution in [0, 0.1) is 29.4 Å². The molecule has 0 aliphatic heterocycles. The lowest BCUT2D eigenvalue weighted by Crippen LogP contribution is -2.25. The highest BCUT2D eigenvalue weighted by molar-refractivity contribution is 5.33. The van der Waals surface area contributed by atoms with Crippen molar-refractivity contribution in [3.05, 3.63) is 29.3 Å². The van der Waals surface area contributed by atoms with E-state index in [1.807, 2.05) is 0 Å². The predicted octanol–water partition coefficient (Wildman–Crippen LogP) is 7.06. The second-order valence-corrected chi connectivity index (χ2v) is 7.99. The van der Waals surface area contributed by atoms with Crippen LogP contribution in [0.2, 0.25) is 0 Å². The van der Waals surface area contributed by atoms with E-state index < -0.39 is 24.0 Å². The smallest absolute Gasteiger partial charge is 0.387 e. The molecule has 0 unspecified atom stereocenters. The number of hydrogen-bond acceptors (Lipinski definition) is 1. The highest BCUT2D eigenvalue weighted by atomic mass is 19.3. The van der Waals surface area contributed by atoms with Crippen molar-refractivity contribution in [1.29, 1.82) is 0 Å². The molecule has 0 bridgehead atoms. The normalized spacial score (nSPS) is 29.8. The van der Waals surface area contributed by atoms with Crippen molar-refractivity contribution in [2.45, 2.75) is 77.2 Å². The first-order valence-corrected chi connectivity index (χ1v) is 9.91. The summed E-state index contributed by atoms with van der Waals surface area (Å²) in [4.78, 5) is 0. The minimum atomic E-state index is -3.23. The fourth-order valence-electron chi connectivity index (χ4n) is 5.01. The molecular weight excluding hydrogens is 344 g/mol. The van der Waals surface area contributed by atoms with Gasteiger partial charge >= 0.3 is 6.61 Å². The van der Waals surface area contributed by atoms with Crippen LogP contribution in [-0.2, 0) is 0 Å². The Balaban J connectivity index is 1.58. The molecule has 0 atom stereocenters. The summed E-state index contributed by atoms with van der Waals surface area (Å²) in [6, 6.07) is 2.33. The molecule has 0 amide bonds. The number of ether oxygens (including phenoxy) is 1. The van der Waals surface area contributed by atoms with Crippen LogP contribution < -0.4 is 4.74 Å². The summed E-state index contributed by atoms with van der Waals surface area (Å²) < 4.78 is 56.4. The first-order chi connectivity index (χ1) is 12.5. The van der Waals surface area contributed by atoms with Crippen molar-refractivity contribution in [1.82, 2.24) is 0 Å². The first kappa shape index (κ1) is 19.5. The van der Waals surface area contributed by atoms with Gasteiger partial charge in [0.1, 0.15) is 0 Å². The van der Waals surface area contributed by atoms with Crippen molar-refractivity contribution >= 4 is 0 Å². The molecule has 2 aliphatic rings. The molecule has 0 aromatic heterocycles. The van der Waals surface area contributed by atoms with Gasteiger partial charge < -0.3 is 4.74 Å². The van der Waals surface area contributed by atoms with Gasteiger partial charge in [0, 0.05) is 0 Å². The molecule has 2 aliphatic carbocycles. The topological polar surface area (TPSA) is 9.23 Å². The van der Waals surface area contributed by atoms with Gasteiger partial charge in [-0.15, -0.1) is 0 Å². The van der Waals surface area contributed by atoms with Crippen molar-refractivity contribution in [2.75, 3.05) is 0 Å². The van der Waals surface area contributed by atoms with Gasteiger partial charge in [-0.1, -0.05) is 26.2 Å². The summed E-state index contributed by atoms with van der Waals surface area (Å²) in [7, 11) is 0. The van der Waals surface area contributed by atoms with Crippen LogP contribution in [0.25, 0.3) is 0 Å². The van der Waals surface area contributed by atoms with Gasteiger partial charge in [0.25, 0.3) is 0 Å². The van der Waals surface area contributed by atoms with E-state index in [9.17, 15) is 17.6 Å². The fraction of sp³-hybridized carbons (Fsp3) is 0.714. The van der Waals surface area contributed by atoms with E-state index in [0.717, 1.165) is 55.6 Å². The van der Waals surface area contributed by atoms with Crippen LogP contribution in [0.5, 0.6) is 5.75 Å². The van der Waals surface area contributed by atoms with E-state index in [1.165, 1.54) is 32.1 Å². The lowest BCUT2D eigenvalue weighted by molar-refractivity contribution is -0.0546. The summed E-state index contributed by atoms with van der Waals surface area (Å²) in [6.45, 7) is -0.963. The zero-order valence-corrected chi connectivity index (χ0v) is 15.3. The number of halogens is 4. The Labute approximate surface area is 153 Å². The van der Waals surface area contributed by atoms with Gasteiger partial charge in [-0.3, -0.25) is 0 Å². The lowest BCUT2D eigenvalue weighted by atomic mass is 9.68. The third-order valence-corrected chi connectivity index (χ3v) is 6.61. The largest absolute Gasteiger partial charge is 0.429 e. The van der Waals surface area contributed by atoms with Gasteiger partial charge in [-0.2, -0.15) is 8.78 Å². The minimum absolute atomic E-state index is 0.0998. The second kappa shape index (κ2) is 8.62. The highest BCUT2D eigenvalue weighted by Gasteiger charge is 2.31. The maximum absolute atomic E-state index is 14.0. The minimum Gasteiger partial charge on any atom is -0.429 e. The highest BCUT2D eigenvalue weighted by Crippen LogP contribution is 2.44. The third kappa shape index (κ3) is 4.52. The molecule has 5 heteroatoms. The first-order valence-electron chi connectivity index (χ1n) is 9.91. The molecule has 2 fully saturated rings. The number of hydrogen-bond donors (Lipinski definition) is 0. The number of alkyl halides is 2. The lowest BCUT2D eigenvalue weighted by Gasteiger charge is -2.38. The molecule has 0 heterocycles. The van der Waals surface area contributed by atoms with Gasteiger partial charge in [0.2, 0.25) is 0 Å². The molecule has 0 saturated heterocycles. The van der Waals surface area contributed by atoms with Gasteiger partial charge in [0.15, 0.2) is 17.4 Å². The Morgan fingerprint density at radius 3 is 1.85 bits per heavy atom. The quantitative estimate of drug-likeness (QED) is 0.503. The summed E-state index contributed by atoms with van der Waals surface area (Å²) in [5.74, 6) is -0.551. The zero-order valence-electron chi connectivity index (χ0n) is 15.3. The van der Waals surface area contributed by atoms with Gasteiger partial charge in [0.05, 0.1) is 0 Å². The molecule has 0 N–H and O–H groups in total. The molecule has 0 spiro atoms. The second-order valence-electron chi connectivity index (χ2n) is 7.99. The summed E-state index contributed by atoms with van der Waals surface area (Å²) >= 11 is 0. The molecule has 146 valence electrons. The Morgan fingerprint density at radius 2 is 1.38 bits per heavy atom. The molecule has 1 aromatic rings. The SMILES string of the molecule is CCC1CCC(C2CCC(c3cc(F)c(OC(F)F)c(F)c3)CC2)CC1. The summed E-state index contributed by atoms with van der Waals surface area (Å²) in [5.41, 5.74) is 0.565. The van der Waals surface area contributed by atoms with Crippen molar-refractivity contribution in [3.8, 4) is 5.75 Å². The van der Waals surface area contributed by atoms with E-state index >= 15 is 0 Å². The van der Waals surface area contributed by atoms with Crippen LogP contribution >= 0.6 is 0 Å². The fourth-order valence-corrected chi connectivity index (χ4v) is 5.01. The van der Waals surface area contributed by atoms with Crippen LogP contribution in [-0.4, -0.2) is 6.61 Å². The van der Waals surface area contributed by atoms with Crippen LogP contribution in [0.15, 0.2) is 12.1 Å². The molecule has 0 radical (unpaired) electrons. The molecule has 1 aromatic carbocycles. The van der Waals surface area contributed by atoms with Gasteiger partial charge in [-0.25, -0.2) is 8.78 Å². The zero-order chi connectivity index (χ0) is 18.7. The molecular formula is C21H28F4O. The van der Waals surface area contributed by atoms with Crippen LogP contribution in [0.1, 0.15) is 76.2 Å². The molecule has 3 rings (SSSR count). The van der Waals surface area contributed by atoms with Crippen LogP contribution in [0.3, 0.4) is 0 Å². The monoisotopic (exact) mass is 372 g/mol. The maximum atomic E-state index is 14.0. The van der Waals surface area contributed by atoms with E-state index in [0.29, 0.717) is 5.56 Å². The molecule has 26 heavy (non-hydrogen) atoms. The van der Waals surface area contributed by atoms with E-state index in [-0.39, 0.29) is 5.92 Å². The van der Waals surface area contributed by atoms with Crippen molar-refractivity contribution < 1.29 is 22.3 Å². The Hall–Kier alpha value is -1.26. The van der Waals surface area contributed by atoms with Gasteiger partial charge in [-0.05, 0) is 79.9 Å². The van der Waals surface area contributed by atoms with E-state index in [1.54, 1.807) is 0 Å². The predicted molar refractivity (Wildman–Crippen MR) is 93.4 cm³/mol. The van der Waals surface area contributed by atoms with Crippen LogP contribution in [0.4, 0.5) is 17.6 Å². The standard InChI is InChI=1S/C21H28F4O/c1-2-13-3-5-14(6-4-13)15-7-9-16(10-8-15)17-11-18(22)20(19(23)12-17)26-21(24)25/h11-16,21H,2-10H2,1H3. The van der Waals surface area contributed by atoms with Crippen molar-refractivity contribution in [2.24, 2.45) is 17.8 Å². The molecule has 2 saturated carbocycles. The van der Waals surface area contributed by atoms with Crippen molar-refractivity contribution in [3.63, 3.8) is 0 Å². The number of benzene rings is 1. The van der Waals surface area contributed by atoms with E-state index in [4.69, 9.17) is 0 Å². The Morgan fingerprint density at radius 1 is 0.885 bits per heavy atom. The van der Waals surface area contributed by atoms with E-state index in [2.05, 4.69) is 11.7 Å². The summed E-state index contributed by atoms with van der Waals surface area (Å²) in [6.07, 6.45) is 10.6. The Bertz CT molecular complexity index is 565. The third-order valence-electron chi connectivity index (χ3n) is 6.61. The average Bonchev–Trinajstić information content (AvgIpc) is 2.64. The average molecular weight is 372 g/mol.